The van der Waals surface area contributed by atoms with E-state index in [1.807, 2.05) is 24.3 Å². The SMILES string of the molecule is CC(C)(c1ccc(O)cc1)c1cc(Cl)cc(C#N)c1. The van der Waals surface area contributed by atoms with Gasteiger partial charge >= 0.3 is 0 Å². The molecule has 0 radical (unpaired) electrons. The fourth-order valence-electron chi connectivity index (χ4n) is 2.06. The lowest BCUT2D eigenvalue weighted by molar-refractivity contribution is 0.474. The Kier molecular flexibility index (Phi) is 3.50. The molecule has 2 aromatic rings. The topological polar surface area (TPSA) is 44.0 Å². The van der Waals surface area contributed by atoms with Gasteiger partial charge in [-0.2, -0.15) is 5.26 Å². The third-order valence-corrected chi connectivity index (χ3v) is 3.56. The molecule has 0 aromatic heterocycles. The van der Waals surface area contributed by atoms with E-state index in [2.05, 4.69) is 19.9 Å². The second kappa shape index (κ2) is 4.95. The largest absolute Gasteiger partial charge is 0.508 e. The van der Waals surface area contributed by atoms with Gasteiger partial charge in [0.2, 0.25) is 0 Å². The van der Waals surface area contributed by atoms with Crippen LogP contribution in [-0.2, 0) is 5.41 Å². The van der Waals surface area contributed by atoms with Crippen LogP contribution in [-0.4, -0.2) is 5.11 Å². The predicted molar refractivity (Wildman–Crippen MR) is 76.4 cm³/mol. The summed E-state index contributed by atoms with van der Waals surface area (Å²) in [5.74, 6) is 0.239. The van der Waals surface area contributed by atoms with Gasteiger partial charge in [-0.1, -0.05) is 37.6 Å². The minimum Gasteiger partial charge on any atom is -0.508 e. The van der Waals surface area contributed by atoms with Crippen molar-refractivity contribution in [2.75, 3.05) is 0 Å². The minimum absolute atomic E-state index is 0.239. The number of phenols is 1. The van der Waals surface area contributed by atoms with Crippen molar-refractivity contribution in [3.05, 3.63) is 64.2 Å². The van der Waals surface area contributed by atoms with Gasteiger partial charge in [-0.25, -0.2) is 0 Å². The Morgan fingerprint density at radius 1 is 1.05 bits per heavy atom. The van der Waals surface area contributed by atoms with E-state index >= 15 is 0 Å². The summed E-state index contributed by atoms with van der Waals surface area (Å²) in [7, 11) is 0. The maximum absolute atomic E-state index is 9.36. The maximum atomic E-state index is 9.36. The molecule has 0 saturated carbocycles. The summed E-state index contributed by atoms with van der Waals surface area (Å²) in [6.45, 7) is 4.12. The van der Waals surface area contributed by atoms with Crippen molar-refractivity contribution in [1.82, 2.24) is 0 Å². The number of hydrogen-bond acceptors (Lipinski definition) is 2. The molecule has 0 spiro atoms. The van der Waals surface area contributed by atoms with Gasteiger partial charge in [0, 0.05) is 10.4 Å². The van der Waals surface area contributed by atoms with Crippen LogP contribution in [0.15, 0.2) is 42.5 Å². The standard InChI is InChI=1S/C16H14ClNO/c1-16(2,12-3-5-15(19)6-4-12)13-7-11(10-18)8-14(17)9-13/h3-9,19H,1-2H3. The molecule has 0 bridgehead atoms. The summed E-state index contributed by atoms with van der Waals surface area (Å²) in [4.78, 5) is 0. The smallest absolute Gasteiger partial charge is 0.115 e. The normalized spacial score (nSPS) is 11.1. The number of halogens is 1. The van der Waals surface area contributed by atoms with Crippen molar-refractivity contribution in [2.24, 2.45) is 0 Å². The van der Waals surface area contributed by atoms with Crippen LogP contribution >= 0.6 is 11.6 Å². The van der Waals surface area contributed by atoms with Crippen LogP contribution in [0, 0.1) is 11.3 Å². The lowest BCUT2D eigenvalue weighted by Gasteiger charge is -2.26. The molecule has 0 atom stereocenters. The average Bonchev–Trinajstić information content (AvgIpc) is 2.38. The Morgan fingerprint density at radius 3 is 2.26 bits per heavy atom. The van der Waals surface area contributed by atoms with Crippen LogP contribution in [0.1, 0.15) is 30.5 Å². The van der Waals surface area contributed by atoms with Crippen LogP contribution in [0.4, 0.5) is 0 Å². The van der Waals surface area contributed by atoms with Gasteiger partial charge in [-0.15, -0.1) is 0 Å². The summed E-state index contributed by atoms with van der Waals surface area (Å²) in [6.07, 6.45) is 0. The number of rotatable bonds is 2. The van der Waals surface area contributed by atoms with E-state index in [0.29, 0.717) is 10.6 Å². The number of nitrogens with zero attached hydrogens (tertiary/aromatic N) is 1. The van der Waals surface area contributed by atoms with Crippen molar-refractivity contribution < 1.29 is 5.11 Å². The molecular formula is C16H14ClNO. The lowest BCUT2D eigenvalue weighted by Crippen LogP contribution is -2.18. The Labute approximate surface area is 117 Å². The van der Waals surface area contributed by atoms with Crippen LogP contribution in [0.2, 0.25) is 5.02 Å². The van der Waals surface area contributed by atoms with E-state index in [-0.39, 0.29) is 11.2 Å². The molecule has 19 heavy (non-hydrogen) atoms. The molecule has 0 aliphatic carbocycles. The third kappa shape index (κ3) is 2.72. The van der Waals surface area contributed by atoms with Crippen molar-refractivity contribution in [3.8, 4) is 11.8 Å². The minimum atomic E-state index is -0.288. The first-order chi connectivity index (χ1) is 8.93. The Hall–Kier alpha value is -1.98. The third-order valence-electron chi connectivity index (χ3n) is 3.34. The predicted octanol–water partition coefficient (Wildman–Crippen LogP) is 4.24. The van der Waals surface area contributed by atoms with Gasteiger partial charge in [-0.3, -0.25) is 0 Å². The second-order valence-corrected chi connectivity index (χ2v) is 5.45. The highest BCUT2D eigenvalue weighted by atomic mass is 35.5. The Morgan fingerprint density at radius 2 is 1.68 bits per heavy atom. The molecule has 1 N–H and O–H groups in total. The highest BCUT2D eigenvalue weighted by molar-refractivity contribution is 6.30. The van der Waals surface area contributed by atoms with E-state index < -0.39 is 0 Å². The Balaban J connectivity index is 2.53. The summed E-state index contributed by atoms with van der Waals surface area (Å²) >= 11 is 6.06. The first kappa shape index (κ1) is 13.5. The number of phenolic OH excluding ortho intramolecular Hbond substituents is 1. The molecule has 0 saturated heterocycles. The van der Waals surface area contributed by atoms with Crippen molar-refractivity contribution in [1.29, 1.82) is 5.26 Å². The molecule has 0 aliphatic rings. The second-order valence-electron chi connectivity index (χ2n) is 5.01. The molecule has 2 nitrogen and oxygen atoms in total. The highest BCUT2D eigenvalue weighted by Crippen LogP contribution is 2.34. The van der Waals surface area contributed by atoms with Gasteiger partial charge in [0.05, 0.1) is 11.6 Å². The molecule has 0 unspecified atom stereocenters. The lowest BCUT2D eigenvalue weighted by atomic mass is 9.78. The van der Waals surface area contributed by atoms with Gasteiger partial charge < -0.3 is 5.11 Å². The number of nitriles is 1. The van der Waals surface area contributed by atoms with Gasteiger partial charge in [-0.05, 0) is 41.5 Å². The summed E-state index contributed by atoms with van der Waals surface area (Å²) in [5, 5.41) is 18.9. The molecule has 96 valence electrons. The van der Waals surface area contributed by atoms with Gasteiger partial charge in [0.15, 0.2) is 0 Å². The maximum Gasteiger partial charge on any atom is 0.115 e. The zero-order valence-corrected chi connectivity index (χ0v) is 11.6. The van der Waals surface area contributed by atoms with Crippen LogP contribution < -0.4 is 0 Å². The van der Waals surface area contributed by atoms with E-state index in [9.17, 15) is 5.11 Å². The molecule has 0 amide bonds. The molecule has 2 aromatic carbocycles. The van der Waals surface area contributed by atoms with Crippen LogP contribution in [0.3, 0.4) is 0 Å². The monoisotopic (exact) mass is 271 g/mol. The Bertz CT molecular complexity index is 639. The van der Waals surface area contributed by atoms with Gasteiger partial charge in [0.25, 0.3) is 0 Å². The zero-order valence-electron chi connectivity index (χ0n) is 10.8. The van der Waals surface area contributed by atoms with Crippen molar-refractivity contribution in [2.45, 2.75) is 19.3 Å². The van der Waals surface area contributed by atoms with Crippen LogP contribution in [0.5, 0.6) is 5.75 Å². The van der Waals surface area contributed by atoms with E-state index in [0.717, 1.165) is 11.1 Å². The number of hydrogen-bond donors (Lipinski definition) is 1. The summed E-state index contributed by atoms with van der Waals surface area (Å²) < 4.78 is 0. The molecular weight excluding hydrogens is 258 g/mol. The zero-order chi connectivity index (χ0) is 14.0. The van der Waals surface area contributed by atoms with Gasteiger partial charge in [0.1, 0.15) is 5.75 Å². The molecule has 3 heteroatoms. The molecule has 0 fully saturated rings. The van der Waals surface area contributed by atoms with Crippen molar-refractivity contribution >= 4 is 11.6 Å². The van der Waals surface area contributed by atoms with E-state index in [1.165, 1.54) is 0 Å². The molecule has 0 aliphatic heterocycles. The molecule has 0 heterocycles. The quantitative estimate of drug-likeness (QED) is 0.888. The van der Waals surface area contributed by atoms with E-state index in [1.54, 1.807) is 18.2 Å². The molecule has 2 rings (SSSR count). The van der Waals surface area contributed by atoms with E-state index in [4.69, 9.17) is 16.9 Å². The average molecular weight is 272 g/mol. The first-order valence-corrected chi connectivity index (χ1v) is 6.32. The fraction of sp³-hybridized carbons (Fsp3) is 0.188. The van der Waals surface area contributed by atoms with Crippen LogP contribution in [0.25, 0.3) is 0 Å². The number of benzene rings is 2. The first-order valence-electron chi connectivity index (χ1n) is 5.94. The number of aromatic hydroxyl groups is 1. The fourth-order valence-corrected chi connectivity index (χ4v) is 2.29. The summed E-state index contributed by atoms with van der Waals surface area (Å²) in [5.41, 5.74) is 2.29. The highest BCUT2D eigenvalue weighted by Gasteiger charge is 2.24. The summed E-state index contributed by atoms with van der Waals surface area (Å²) in [6, 6.07) is 14.6. The van der Waals surface area contributed by atoms with Crippen molar-refractivity contribution in [3.63, 3.8) is 0 Å².